The molecule has 17 heavy (non-hydrogen) atoms. The quantitative estimate of drug-likeness (QED) is 0.848. The van der Waals surface area contributed by atoms with E-state index >= 15 is 0 Å². The third-order valence-corrected chi connectivity index (χ3v) is 4.27. The largest absolute Gasteiger partial charge is 0.399 e. The molecule has 0 amide bonds. The standard InChI is InChI=1S/C14H21BrN2/c1-2-17(12-6-4-3-5-7-12)14-9-8-11(16)10-13(14)15/h8-10,12H,2-7,16H2,1H3. The van der Waals surface area contributed by atoms with Crippen LogP contribution in [0.2, 0.25) is 0 Å². The zero-order valence-electron chi connectivity index (χ0n) is 10.5. The SMILES string of the molecule is CCN(c1ccc(N)cc1Br)C1CCCCC1. The van der Waals surface area contributed by atoms with Crippen LogP contribution in [0.5, 0.6) is 0 Å². The maximum Gasteiger partial charge on any atom is 0.0514 e. The molecule has 0 bridgehead atoms. The lowest BCUT2D eigenvalue weighted by atomic mass is 9.94. The Hall–Kier alpha value is -0.700. The zero-order valence-corrected chi connectivity index (χ0v) is 12.0. The molecular formula is C14H21BrN2. The number of nitrogen functional groups attached to an aromatic ring is 1. The Morgan fingerprint density at radius 2 is 2.00 bits per heavy atom. The smallest absolute Gasteiger partial charge is 0.0514 e. The first-order chi connectivity index (χ1) is 8.22. The van der Waals surface area contributed by atoms with Gasteiger partial charge in [-0.2, -0.15) is 0 Å². The van der Waals surface area contributed by atoms with Gasteiger partial charge in [-0.25, -0.2) is 0 Å². The van der Waals surface area contributed by atoms with Crippen molar-refractivity contribution in [2.24, 2.45) is 0 Å². The molecule has 0 spiro atoms. The lowest BCUT2D eigenvalue weighted by molar-refractivity contribution is 0.418. The Bertz CT molecular complexity index is 372. The van der Waals surface area contributed by atoms with Crippen molar-refractivity contribution < 1.29 is 0 Å². The molecule has 0 aliphatic heterocycles. The summed E-state index contributed by atoms with van der Waals surface area (Å²) in [6.07, 6.45) is 6.79. The number of halogens is 1. The molecule has 1 aromatic rings. The fraction of sp³-hybridized carbons (Fsp3) is 0.571. The highest BCUT2D eigenvalue weighted by Gasteiger charge is 2.21. The molecule has 0 aromatic heterocycles. The van der Waals surface area contributed by atoms with Crippen molar-refractivity contribution in [2.75, 3.05) is 17.2 Å². The Labute approximate surface area is 112 Å². The van der Waals surface area contributed by atoms with E-state index in [9.17, 15) is 0 Å². The van der Waals surface area contributed by atoms with Crippen molar-refractivity contribution in [1.29, 1.82) is 0 Å². The number of anilines is 2. The fourth-order valence-corrected chi connectivity index (χ4v) is 3.40. The van der Waals surface area contributed by atoms with Crippen LogP contribution < -0.4 is 10.6 Å². The molecule has 1 saturated carbocycles. The minimum absolute atomic E-state index is 0.702. The number of nitrogens with two attached hydrogens (primary N) is 1. The summed E-state index contributed by atoms with van der Waals surface area (Å²) < 4.78 is 1.12. The average Bonchev–Trinajstić information content (AvgIpc) is 2.34. The van der Waals surface area contributed by atoms with E-state index in [1.54, 1.807) is 0 Å². The molecule has 0 radical (unpaired) electrons. The van der Waals surface area contributed by atoms with Gasteiger partial charge in [-0.1, -0.05) is 19.3 Å². The summed E-state index contributed by atoms with van der Waals surface area (Å²) in [6.45, 7) is 3.30. The van der Waals surface area contributed by atoms with E-state index in [4.69, 9.17) is 5.73 Å². The van der Waals surface area contributed by atoms with E-state index in [-0.39, 0.29) is 0 Å². The summed E-state index contributed by atoms with van der Waals surface area (Å²) in [5.41, 5.74) is 7.90. The maximum absolute atomic E-state index is 5.80. The Morgan fingerprint density at radius 3 is 2.59 bits per heavy atom. The second-order valence-corrected chi connectivity index (χ2v) is 5.64. The van der Waals surface area contributed by atoms with Gasteiger partial charge < -0.3 is 10.6 Å². The number of hydrogen-bond donors (Lipinski definition) is 1. The molecule has 3 heteroatoms. The third kappa shape index (κ3) is 2.95. The van der Waals surface area contributed by atoms with Gasteiger partial charge in [0.05, 0.1) is 5.69 Å². The summed E-state index contributed by atoms with van der Waals surface area (Å²) in [5, 5.41) is 0. The first kappa shape index (κ1) is 12.7. The Kier molecular flexibility index (Phi) is 4.32. The van der Waals surface area contributed by atoms with Crippen molar-refractivity contribution in [1.82, 2.24) is 0 Å². The van der Waals surface area contributed by atoms with Crippen LogP contribution in [0.15, 0.2) is 22.7 Å². The molecule has 0 unspecified atom stereocenters. The highest BCUT2D eigenvalue weighted by molar-refractivity contribution is 9.10. The Morgan fingerprint density at radius 1 is 1.29 bits per heavy atom. The van der Waals surface area contributed by atoms with Crippen LogP contribution in [0.4, 0.5) is 11.4 Å². The van der Waals surface area contributed by atoms with Gasteiger partial charge in [0.2, 0.25) is 0 Å². The van der Waals surface area contributed by atoms with Crippen molar-refractivity contribution >= 4 is 27.3 Å². The zero-order chi connectivity index (χ0) is 12.3. The van der Waals surface area contributed by atoms with Crippen molar-refractivity contribution in [3.8, 4) is 0 Å². The van der Waals surface area contributed by atoms with Crippen LogP contribution >= 0.6 is 15.9 Å². The molecular weight excluding hydrogens is 276 g/mol. The molecule has 1 aliphatic carbocycles. The molecule has 0 atom stereocenters. The molecule has 1 aliphatic rings. The second kappa shape index (κ2) is 5.76. The van der Waals surface area contributed by atoms with Crippen LogP contribution in [0.1, 0.15) is 39.0 Å². The molecule has 0 heterocycles. The van der Waals surface area contributed by atoms with Crippen LogP contribution in [-0.4, -0.2) is 12.6 Å². The van der Waals surface area contributed by atoms with E-state index in [0.717, 1.165) is 16.7 Å². The maximum atomic E-state index is 5.80. The van der Waals surface area contributed by atoms with Gasteiger partial charge in [0.15, 0.2) is 0 Å². The van der Waals surface area contributed by atoms with Gasteiger partial charge >= 0.3 is 0 Å². The van der Waals surface area contributed by atoms with E-state index in [1.165, 1.54) is 37.8 Å². The number of nitrogens with zero attached hydrogens (tertiary/aromatic N) is 1. The molecule has 1 fully saturated rings. The summed E-state index contributed by atoms with van der Waals surface area (Å²) >= 11 is 3.63. The summed E-state index contributed by atoms with van der Waals surface area (Å²) in [6, 6.07) is 6.83. The van der Waals surface area contributed by atoms with Gasteiger partial charge in [-0.05, 0) is 53.9 Å². The minimum Gasteiger partial charge on any atom is -0.399 e. The monoisotopic (exact) mass is 296 g/mol. The molecule has 0 saturated heterocycles. The highest BCUT2D eigenvalue weighted by Crippen LogP contribution is 2.33. The van der Waals surface area contributed by atoms with Crippen LogP contribution in [0, 0.1) is 0 Å². The predicted molar refractivity (Wildman–Crippen MR) is 78.4 cm³/mol. The van der Waals surface area contributed by atoms with E-state index < -0.39 is 0 Å². The number of benzene rings is 1. The van der Waals surface area contributed by atoms with Crippen LogP contribution in [-0.2, 0) is 0 Å². The second-order valence-electron chi connectivity index (χ2n) is 4.79. The third-order valence-electron chi connectivity index (χ3n) is 3.64. The number of rotatable bonds is 3. The first-order valence-electron chi connectivity index (χ1n) is 6.54. The van der Waals surface area contributed by atoms with Crippen molar-refractivity contribution in [2.45, 2.75) is 45.1 Å². The van der Waals surface area contributed by atoms with Gasteiger partial charge in [0.25, 0.3) is 0 Å². The van der Waals surface area contributed by atoms with Crippen molar-refractivity contribution in [3.63, 3.8) is 0 Å². The normalized spacial score (nSPS) is 17.1. The van der Waals surface area contributed by atoms with Gasteiger partial charge in [0.1, 0.15) is 0 Å². The van der Waals surface area contributed by atoms with Gasteiger partial charge in [-0.15, -0.1) is 0 Å². The predicted octanol–water partition coefficient (Wildman–Crippen LogP) is 4.19. The minimum atomic E-state index is 0.702. The summed E-state index contributed by atoms with van der Waals surface area (Å²) in [4.78, 5) is 2.52. The molecule has 2 rings (SSSR count). The van der Waals surface area contributed by atoms with Gasteiger partial charge in [-0.3, -0.25) is 0 Å². The average molecular weight is 297 g/mol. The van der Waals surface area contributed by atoms with E-state index in [0.29, 0.717) is 6.04 Å². The molecule has 1 aromatic carbocycles. The molecule has 94 valence electrons. The molecule has 2 N–H and O–H groups in total. The summed E-state index contributed by atoms with van der Waals surface area (Å²) in [7, 11) is 0. The van der Waals surface area contributed by atoms with Gasteiger partial charge in [0, 0.05) is 22.7 Å². The molecule has 2 nitrogen and oxygen atoms in total. The van der Waals surface area contributed by atoms with Crippen LogP contribution in [0.25, 0.3) is 0 Å². The van der Waals surface area contributed by atoms with E-state index in [1.807, 2.05) is 12.1 Å². The highest BCUT2D eigenvalue weighted by atomic mass is 79.9. The first-order valence-corrected chi connectivity index (χ1v) is 7.33. The number of hydrogen-bond acceptors (Lipinski definition) is 2. The fourth-order valence-electron chi connectivity index (χ4n) is 2.77. The lowest BCUT2D eigenvalue weighted by Gasteiger charge is -2.36. The topological polar surface area (TPSA) is 29.3 Å². The Balaban J connectivity index is 2.21. The van der Waals surface area contributed by atoms with E-state index in [2.05, 4.69) is 33.8 Å². The van der Waals surface area contributed by atoms with Crippen LogP contribution in [0.3, 0.4) is 0 Å². The lowest BCUT2D eigenvalue weighted by Crippen LogP contribution is -2.36. The summed E-state index contributed by atoms with van der Waals surface area (Å²) in [5.74, 6) is 0. The van der Waals surface area contributed by atoms with Crippen molar-refractivity contribution in [3.05, 3.63) is 22.7 Å².